The molecule has 2 heterocycles. The van der Waals surface area contributed by atoms with Crippen LogP contribution in [0.2, 0.25) is 0 Å². The standard InChI is InChI=1S/C24H19N3O4/c1-30-15-9-7-14(8-10-15)17-13-27-19-6-4-3-5-18(19)25-24(27)26-23(17)22-20(28)11-16(31-2)12-21(22)29/h3-13,28-29H,1-2H3. The maximum Gasteiger partial charge on any atom is 0.235 e. The summed E-state index contributed by atoms with van der Waals surface area (Å²) in [6, 6.07) is 18.1. The van der Waals surface area contributed by atoms with Gasteiger partial charge in [-0.3, -0.25) is 4.40 Å². The van der Waals surface area contributed by atoms with Crippen molar-refractivity contribution in [1.29, 1.82) is 0 Å². The molecule has 5 aromatic rings. The molecular formula is C24H19N3O4. The summed E-state index contributed by atoms with van der Waals surface area (Å²) >= 11 is 0. The lowest BCUT2D eigenvalue weighted by molar-refractivity contribution is 0.399. The number of aromatic nitrogens is 3. The van der Waals surface area contributed by atoms with Crippen LogP contribution in [0.3, 0.4) is 0 Å². The van der Waals surface area contributed by atoms with E-state index in [1.54, 1.807) is 7.11 Å². The molecular weight excluding hydrogens is 394 g/mol. The topological polar surface area (TPSA) is 89.1 Å². The molecule has 0 saturated heterocycles. The van der Waals surface area contributed by atoms with Crippen LogP contribution in [0, 0.1) is 0 Å². The Labute approximate surface area is 177 Å². The number of hydrogen-bond donors (Lipinski definition) is 2. The second kappa shape index (κ2) is 7.21. The van der Waals surface area contributed by atoms with Gasteiger partial charge in [0.05, 0.1) is 36.5 Å². The van der Waals surface area contributed by atoms with Crippen molar-refractivity contribution in [1.82, 2.24) is 14.4 Å². The minimum atomic E-state index is -0.139. The third-order valence-electron chi connectivity index (χ3n) is 5.25. The lowest BCUT2D eigenvalue weighted by Gasteiger charge is -2.14. The molecule has 0 bridgehead atoms. The summed E-state index contributed by atoms with van der Waals surface area (Å²) in [5.74, 6) is 1.25. The Morgan fingerprint density at radius 2 is 1.48 bits per heavy atom. The van der Waals surface area contributed by atoms with Gasteiger partial charge in [-0.25, -0.2) is 9.97 Å². The Balaban J connectivity index is 1.85. The highest BCUT2D eigenvalue weighted by molar-refractivity contribution is 5.89. The van der Waals surface area contributed by atoms with Gasteiger partial charge in [0.15, 0.2) is 0 Å². The van der Waals surface area contributed by atoms with Crippen LogP contribution in [0.4, 0.5) is 0 Å². The van der Waals surface area contributed by atoms with Crippen molar-refractivity contribution in [3.8, 4) is 45.4 Å². The molecule has 5 rings (SSSR count). The zero-order valence-electron chi connectivity index (χ0n) is 16.9. The fourth-order valence-electron chi connectivity index (χ4n) is 3.71. The second-order valence-corrected chi connectivity index (χ2v) is 7.04. The number of fused-ring (bicyclic) bond motifs is 3. The van der Waals surface area contributed by atoms with Crippen molar-refractivity contribution in [2.75, 3.05) is 14.2 Å². The van der Waals surface area contributed by atoms with Crippen molar-refractivity contribution in [3.63, 3.8) is 0 Å². The summed E-state index contributed by atoms with van der Waals surface area (Å²) in [5, 5.41) is 21.4. The van der Waals surface area contributed by atoms with Gasteiger partial charge in [-0.15, -0.1) is 0 Å². The molecule has 0 saturated carbocycles. The Hall–Kier alpha value is -4.26. The minimum absolute atomic E-state index is 0.139. The number of rotatable bonds is 4. The largest absolute Gasteiger partial charge is 0.507 e. The first kappa shape index (κ1) is 18.7. The van der Waals surface area contributed by atoms with Crippen LogP contribution in [-0.4, -0.2) is 38.8 Å². The summed E-state index contributed by atoms with van der Waals surface area (Å²) in [5.41, 5.74) is 3.89. The maximum atomic E-state index is 10.7. The molecule has 0 aliphatic heterocycles. The quantitative estimate of drug-likeness (QED) is 0.446. The van der Waals surface area contributed by atoms with Gasteiger partial charge < -0.3 is 19.7 Å². The monoisotopic (exact) mass is 413 g/mol. The van der Waals surface area contributed by atoms with Crippen molar-refractivity contribution in [3.05, 3.63) is 66.9 Å². The van der Waals surface area contributed by atoms with Crippen molar-refractivity contribution >= 4 is 16.8 Å². The molecule has 0 fully saturated rings. The normalized spacial score (nSPS) is 11.2. The summed E-state index contributed by atoms with van der Waals surface area (Å²) in [4.78, 5) is 9.34. The third kappa shape index (κ3) is 3.07. The number of aromatic hydroxyl groups is 2. The highest BCUT2D eigenvalue weighted by Gasteiger charge is 2.21. The van der Waals surface area contributed by atoms with Gasteiger partial charge in [0.25, 0.3) is 0 Å². The number of nitrogens with zero attached hydrogens (tertiary/aromatic N) is 3. The third-order valence-corrected chi connectivity index (χ3v) is 5.25. The van der Waals surface area contributed by atoms with Crippen LogP contribution in [0.15, 0.2) is 66.9 Å². The Morgan fingerprint density at radius 3 is 2.16 bits per heavy atom. The zero-order valence-corrected chi connectivity index (χ0v) is 16.9. The number of imidazole rings is 1. The molecule has 2 aromatic heterocycles. The number of phenols is 2. The molecule has 0 amide bonds. The van der Waals surface area contributed by atoms with E-state index in [0.717, 1.165) is 22.3 Å². The molecule has 0 aliphatic rings. The van der Waals surface area contributed by atoms with Gasteiger partial charge in [0, 0.05) is 23.9 Å². The number of benzene rings is 3. The summed E-state index contributed by atoms with van der Waals surface area (Å²) in [7, 11) is 3.08. The predicted molar refractivity (Wildman–Crippen MR) is 118 cm³/mol. The lowest BCUT2D eigenvalue weighted by Crippen LogP contribution is -1.97. The summed E-state index contributed by atoms with van der Waals surface area (Å²) in [6.45, 7) is 0. The van der Waals surface area contributed by atoms with Crippen molar-refractivity contribution < 1.29 is 19.7 Å². The molecule has 31 heavy (non-hydrogen) atoms. The fraction of sp³-hybridized carbons (Fsp3) is 0.0833. The van der Waals surface area contributed by atoms with Crippen LogP contribution in [0.1, 0.15) is 0 Å². The molecule has 3 aromatic carbocycles. The predicted octanol–water partition coefficient (Wildman–Crippen LogP) is 4.64. The van der Waals surface area contributed by atoms with Gasteiger partial charge in [-0.05, 0) is 29.8 Å². The lowest BCUT2D eigenvalue weighted by atomic mass is 9.99. The number of methoxy groups -OCH3 is 2. The zero-order chi connectivity index (χ0) is 21.5. The van der Waals surface area contributed by atoms with Gasteiger partial charge >= 0.3 is 0 Å². The first-order valence-corrected chi connectivity index (χ1v) is 9.61. The van der Waals surface area contributed by atoms with E-state index in [1.165, 1.54) is 19.2 Å². The Kier molecular flexibility index (Phi) is 4.36. The average Bonchev–Trinajstić information content (AvgIpc) is 3.15. The second-order valence-electron chi connectivity index (χ2n) is 7.04. The Morgan fingerprint density at radius 1 is 0.806 bits per heavy atom. The van der Waals surface area contributed by atoms with Gasteiger partial charge in [0.1, 0.15) is 23.0 Å². The van der Waals surface area contributed by atoms with E-state index >= 15 is 0 Å². The first-order chi connectivity index (χ1) is 15.1. The van der Waals surface area contributed by atoms with Gasteiger partial charge in [-0.2, -0.15) is 0 Å². The number of para-hydroxylation sites is 2. The molecule has 2 N–H and O–H groups in total. The molecule has 7 heteroatoms. The minimum Gasteiger partial charge on any atom is -0.507 e. The summed E-state index contributed by atoms with van der Waals surface area (Å²) in [6.07, 6.45) is 1.91. The maximum absolute atomic E-state index is 10.7. The van der Waals surface area contributed by atoms with Crippen LogP contribution in [-0.2, 0) is 0 Å². The van der Waals surface area contributed by atoms with Gasteiger partial charge in [0.2, 0.25) is 5.78 Å². The molecule has 154 valence electrons. The van der Waals surface area contributed by atoms with E-state index in [-0.39, 0.29) is 17.1 Å². The highest BCUT2D eigenvalue weighted by Crippen LogP contribution is 2.44. The van der Waals surface area contributed by atoms with Crippen molar-refractivity contribution in [2.45, 2.75) is 0 Å². The molecule has 0 radical (unpaired) electrons. The van der Waals surface area contributed by atoms with E-state index in [0.29, 0.717) is 22.8 Å². The smallest absolute Gasteiger partial charge is 0.235 e. The fourth-order valence-corrected chi connectivity index (χ4v) is 3.71. The number of phenolic OH excluding ortho intramolecular Hbond substituents is 2. The molecule has 0 unspecified atom stereocenters. The average molecular weight is 413 g/mol. The SMILES string of the molecule is COc1ccc(-c2cn3c(nc2-c2c(O)cc(OC)cc2O)nc2ccccc23)cc1. The highest BCUT2D eigenvalue weighted by atomic mass is 16.5. The van der Waals surface area contributed by atoms with E-state index in [9.17, 15) is 10.2 Å². The molecule has 0 aliphatic carbocycles. The van der Waals surface area contributed by atoms with E-state index < -0.39 is 0 Å². The van der Waals surface area contributed by atoms with Crippen LogP contribution in [0.25, 0.3) is 39.2 Å². The van der Waals surface area contributed by atoms with Crippen molar-refractivity contribution in [2.24, 2.45) is 0 Å². The summed E-state index contributed by atoms with van der Waals surface area (Å²) < 4.78 is 12.3. The Bertz CT molecular complexity index is 1400. The van der Waals surface area contributed by atoms with E-state index in [2.05, 4.69) is 4.98 Å². The number of ether oxygens (including phenoxy) is 2. The van der Waals surface area contributed by atoms with Crippen LogP contribution >= 0.6 is 0 Å². The first-order valence-electron chi connectivity index (χ1n) is 9.61. The molecule has 0 spiro atoms. The molecule has 7 nitrogen and oxygen atoms in total. The van der Waals surface area contributed by atoms with Crippen LogP contribution < -0.4 is 9.47 Å². The number of hydrogen-bond acceptors (Lipinski definition) is 6. The van der Waals surface area contributed by atoms with E-state index in [4.69, 9.17) is 14.5 Å². The van der Waals surface area contributed by atoms with Crippen LogP contribution in [0.5, 0.6) is 23.0 Å². The molecule has 0 atom stereocenters. The van der Waals surface area contributed by atoms with Gasteiger partial charge in [-0.1, -0.05) is 24.3 Å². The van der Waals surface area contributed by atoms with E-state index in [1.807, 2.05) is 59.1 Å².